The van der Waals surface area contributed by atoms with Gasteiger partial charge in [0, 0.05) is 24.7 Å². The van der Waals surface area contributed by atoms with E-state index in [-0.39, 0.29) is 15.8 Å². The fourth-order valence-corrected chi connectivity index (χ4v) is 3.79. The molecular weight excluding hydrogens is 326 g/mol. The van der Waals surface area contributed by atoms with Crippen LogP contribution in [-0.4, -0.2) is 25.2 Å². The van der Waals surface area contributed by atoms with Crippen molar-refractivity contribution >= 4 is 21.6 Å². The van der Waals surface area contributed by atoms with Crippen molar-refractivity contribution in [1.29, 1.82) is 0 Å². The summed E-state index contributed by atoms with van der Waals surface area (Å²) < 4.78 is 28.1. The van der Waals surface area contributed by atoms with Gasteiger partial charge in [-0.2, -0.15) is 0 Å². The minimum atomic E-state index is -0.404. The number of hydrogen-bond donors (Lipinski definition) is 1. The first-order chi connectivity index (χ1) is 9.60. The van der Waals surface area contributed by atoms with Crippen molar-refractivity contribution in [1.82, 2.24) is 5.32 Å². The lowest BCUT2D eigenvalue weighted by molar-refractivity contribution is 0.354. The van der Waals surface area contributed by atoms with Gasteiger partial charge in [0.1, 0.15) is 11.6 Å². The summed E-state index contributed by atoms with van der Waals surface area (Å²) in [5.41, 5.74) is 0.479. The molecule has 0 radical (unpaired) electrons. The summed E-state index contributed by atoms with van der Waals surface area (Å²) in [6, 6.07) is 2.54. The van der Waals surface area contributed by atoms with E-state index in [9.17, 15) is 8.78 Å². The van der Waals surface area contributed by atoms with Gasteiger partial charge in [-0.1, -0.05) is 12.8 Å². The average molecular weight is 345 g/mol. The molecule has 1 saturated carbocycles. The number of halogens is 3. The Bertz CT molecular complexity index is 501. The SMILES string of the molecule is Fc1cc(N2CCCNC3(CCCC3)C2)c(F)cc1Br. The molecule has 1 spiro atoms. The Kier molecular flexibility index (Phi) is 4.00. The summed E-state index contributed by atoms with van der Waals surface area (Å²) in [7, 11) is 0. The maximum atomic E-state index is 14.2. The molecule has 1 aliphatic carbocycles. The number of nitrogens with one attached hydrogen (secondary N) is 1. The van der Waals surface area contributed by atoms with E-state index in [0.717, 1.165) is 38.9 Å². The lowest BCUT2D eigenvalue weighted by atomic mass is 9.97. The highest BCUT2D eigenvalue weighted by molar-refractivity contribution is 9.10. The van der Waals surface area contributed by atoms with Crippen LogP contribution in [0.4, 0.5) is 14.5 Å². The van der Waals surface area contributed by atoms with Gasteiger partial charge >= 0.3 is 0 Å². The molecule has 1 heterocycles. The first-order valence-corrected chi connectivity index (χ1v) is 8.03. The summed E-state index contributed by atoms with van der Waals surface area (Å²) in [5, 5.41) is 3.64. The van der Waals surface area contributed by atoms with E-state index < -0.39 is 5.82 Å². The van der Waals surface area contributed by atoms with E-state index in [4.69, 9.17) is 0 Å². The van der Waals surface area contributed by atoms with E-state index in [2.05, 4.69) is 21.2 Å². The molecule has 20 heavy (non-hydrogen) atoms. The predicted octanol–water partition coefficient (Wildman–Crippen LogP) is 3.84. The van der Waals surface area contributed by atoms with Gasteiger partial charge in [-0.15, -0.1) is 0 Å². The van der Waals surface area contributed by atoms with Crippen LogP contribution in [0.2, 0.25) is 0 Å². The number of benzene rings is 1. The summed E-state index contributed by atoms with van der Waals surface area (Å²) in [4.78, 5) is 2.01. The van der Waals surface area contributed by atoms with E-state index in [1.807, 2.05) is 4.90 Å². The molecule has 2 fully saturated rings. The molecular formula is C15H19BrF2N2. The molecule has 0 amide bonds. The number of hydrogen-bond acceptors (Lipinski definition) is 2. The minimum Gasteiger partial charge on any atom is -0.367 e. The van der Waals surface area contributed by atoms with Crippen LogP contribution < -0.4 is 10.2 Å². The van der Waals surface area contributed by atoms with Gasteiger partial charge in [-0.25, -0.2) is 8.78 Å². The maximum Gasteiger partial charge on any atom is 0.147 e. The summed E-state index contributed by atoms with van der Waals surface area (Å²) in [6.07, 6.45) is 5.66. The fraction of sp³-hybridized carbons (Fsp3) is 0.600. The zero-order valence-electron chi connectivity index (χ0n) is 11.4. The molecule has 0 unspecified atom stereocenters. The van der Waals surface area contributed by atoms with Crippen LogP contribution in [0.3, 0.4) is 0 Å². The molecule has 110 valence electrons. The molecule has 1 saturated heterocycles. The second-order valence-corrected chi connectivity index (χ2v) is 6.76. The van der Waals surface area contributed by atoms with Crippen molar-refractivity contribution in [2.45, 2.75) is 37.6 Å². The summed E-state index contributed by atoms with van der Waals surface area (Å²) >= 11 is 3.03. The van der Waals surface area contributed by atoms with Gasteiger partial charge in [0.25, 0.3) is 0 Å². The van der Waals surface area contributed by atoms with Crippen molar-refractivity contribution in [3.05, 3.63) is 28.2 Å². The molecule has 0 atom stereocenters. The van der Waals surface area contributed by atoms with Gasteiger partial charge in [0.15, 0.2) is 0 Å². The van der Waals surface area contributed by atoms with Crippen LogP contribution in [0.1, 0.15) is 32.1 Å². The Balaban J connectivity index is 1.90. The molecule has 0 aromatic heterocycles. The fourth-order valence-electron chi connectivity index (χ4n) is 3.47. The Morgan fingerprint density at radius 2 is 1.85 bits per heavy atom. The average Bonchev–Trinajstić information content (AvgIpc) is 2.75. The van der Waals surface area contributed by atoms with Crippen LogP contribution in [0, 0.1) is 11.6 Å². The highest BCUT2D eigenvalue weighted by Gasteiger charge is 2.37. The molecule has 2 nitrogen and oxygen atoms in total. The monoisotopic (exact) mass is 344 g/mol. The zero-order chi connectivity index (χ0) is 14.2. The van der Waals surface area contributed by atoms with Crippen LogP contribution >= 0.6 is 15.9 Å². The van der Waals surface area contributed by atoms with E-state index in [0.29, 0.717) is 5.69 Å². The zero-order valence-corrected chi connectivity index (χ0v) is 13.0. The highest BCUT2D eigenvalue weighted by atomic mass is 79.9. The van der Waals surface area contributed by atoms with Gasteiger partial charge in [0.05, 0.1) is 10.2 Å². The second-order valence-electron chi connectivity index (χ2n) is 5.91. The number of nitrogens with zero attached hydrogens (tertiary/aromatic N) is 1. The quantitative estimate of drug-likeness (QED) is 0.778. The van der Waals surface area contributed by atoms with E-state index >= 15 is 0 Å². The van der Waals surface area contributed by atoms with Crippen LogP contribution in [0.5, 0.6) is 0 Å². The first-order valence-electron chi connectivity index (χ1n) is 7.24. The van der Waals surface area contributed by atoms with Gasteiger partial charge in [0.2, 0.25) is 0 Å². The van der Waals surface area contributed by atoms with Gasteiger partial charge in [-0.05, 0) is 47.8 Å². The Morgan fingerprint density at radius 1 is 1.10 bits per heavy atom. The summed E-state index contributed by atoms with van der Waals surface area (Å²) in [6.45, 7) is 2.49. The van der Waals surface area contributed by atoms with Gasteiger partial charge in [-0.3, -0.25) is 0 Å². The smallest absolute Gasteiger partial charge is 0.147 e. The topological polar surface area (TPSA) is 15.3 Å². The van der Waals surface area contributed by atoms with Crippen molar-refractivity contribution in [2.75, 3.05) is 24.5 Å². The van der Waals surface area contributed by atoms with Gasteiger partial charge < -0.3 is 10.2 Å². The van der Waals surface area contributed by atoms with E-state index in [1.54, 1.807) is 0 Å². The lowest BCUT2D eigenvalue weighted by Gasteiger charge is -2.34. The van der Waals surface area contributed by atoms with Crippen molar-refractivity contribution in [3.8, 4) is 0 Å². The third-order valence-corrected chi connectivity index (χ3v) is 5.10. The van der Waals surface area contributed by atoms with Crippen molar-refractivity contribution in [2.24, 2.45) is 0 Å². The number of rotatable bonds is 1. The molecule has 3 rings (SSSR count). The third-order valence-electron chi connectivity index (χ3n) is 4.49. The molecule has 1 aliphatic heterocycles. The normalized spacial score (nSPS) is 22.2. The largest absolute Gasteiger partial charge is 0.367 e. The highest BCUT2D eigenvalue weighted by Crippen LogP contribution is 2.34. The lowest BCUT2D eigenvalue weighted by Crippen LogP contribution is -2.49. The Hall–Kier alpha value is -0.680. The molecule has 1 aromatic rings. The maximum absolute atomic E-state index is 14.2. The molecule has 2 aliphatic rings. The number of anilines is 1. The van der Waals surface area contributed by atoms with Crippen molar-refractivity contribution < 1.29 is 8.78 Å². The molecule has 5 heteroatoms. The molecule has 0 bridgehead atoms. The minimum absolute atomic E-state index is 0.0898. The van der Waals surface area contributed by atoms with Crippen molar-refractivity contribution in [3.63, 3.8) is 0 Å². The second kappa shape index (κ2) is 5.60. The Labute approximate surface area is 126 Å². The standard InChI is InChI=1S/C15H19BrF2N2/c16-11-8-13(18)14(9-12(11)17)20-7-3-6-19-15(10-20)4-1-2-5-15/h8-9,19H,1-7,10H2. The molecule has 1 N–H and O–H groups in total. The third kappa shape index (κ3) is 2.70. The van der Waals surface area contributed by atoms with Crippen LogP contribution in [-0.2, 0) is 0 Å². The molecule has 1 aromatic carbocycles. The summed E-state index contributed by atoms with van der Waals surface area (Å²) in [5.74, 6) is -0.757. The van der Waals surface area contributed by atoms with E-state index in [1.165, 1.54) is 25.0 Å². The van der Waals surface area contributed by atoms with Crippen LogP contribution in [0.15, 0.2) is 16.6 Å². The van der Waals surface area contributed by atoms with Crippen LogP contribution in [0.25, 0.3) is 0 Å². The Morgan fingerprint density at radius 3 is 2.60 bits per heavy atom. The first kappa shape index (κ1) is 14.3. The predicted molar refractivity (Wildman–Crippen MR) is 80.1 cm³/mol.